The molecule has 0 saturated carbocycles. The molecule has 48 heavy (non-hydrogen) atoms. The maximum absolute atomic E-state index is 14.9. The first kappa shape index (κ1) is 34.9. The summed E-state index contributed by atoms with van der Waals surface area (Å²) >= 11 is 0. The lowest BCUT2D eigenvalue weighted by Crippen LogP contribution is -2.52. The molecule has 11 nitrogen and oxygen atoms in total. The number of carbonyl (C=O) groups excluding carboxylic acids is 1. The van der Waals surface area contributed by atoms with E-state index in [1.165, 1.54) is 37.4 Å². The number of rotatable bonds is 9. The fourth-order valence-electron chi connectivity index (χ4n) is 4.90. The van der Waals surface area contributed by atoms with Crippen LogP contribution in [0.2, 0.25) is 0 Å². The van der Waals surface area contributed by atoms with Crippen LogP contribution >= 0.6 is 0 Å². The number of nitrogens with one attached hydrogen (secondary N) is 2. The van der Waals surface area contributed by atoms with Crippen molar-refractivity contribution < 1.29 is 45.7 Å². The number of fused-ring (bicyclic) bond motifs is 1. The summed E-state index contributed by atoms with van der Waals surface area (Å²) in [4.78, 5) is 21.5. The first-order chi connectivity index (χ1) is 22.4. The minimum absolute atomic E-state index is 0.0726. The lowest BCUT2D eigenvalue weighted by atomic mass is 9.89. The molecule has 0 radical (unpaired) electrons. The van der Waals surface area contributed by atoms with Gasteiger partial charge in [-0.05, 0) is 83.1 Å². The van der Waals surface area contributed by atoms with Crippen molar-refractivity contribution in [2.45, 2.75) is 56.7 Å². The number of benzene rings is 2. The van der Waals surface area contributed by atoms with Gasteiger partial charge in [-0.15, -0.1) is 0 Å². The molecule has 0 spiro atoms. The van der Waals surface area contributed by atoms with Crippen molar-refractivity contribution in [1.82, 2.24) is 25.2 Å². The summed E-state index contributed by atoms with van der Waals surface area (Å²) in [6, 6.07) is 9.88. The van der Waals surface area contributed by atoms with Crippen LogP contribution in [0.5, 0.6) is 11.5 Å². The smallest absolute Gasteiger partial charge is 0.424 e. The second-order valence-corrected chi connectivity index (χ2v) is 14.4. The summed E-state index contributed by atoms with van der Waals surface area (Å²) in [6.45, 7) is 6.90. The van der Waals surface area contributed by atoms with E-state index in [9.17, 15) is 31.7 Å². The van der Waals surface area contributed by atoms with Gasteiger partial charge in [0.25, 0.3) is 11.8 Å². The summed E-state index contributed by atoms with van der Waals surface area (Å²) in [7, 11) is -0.358. The van der Waals surface area contributed by atoms with E-state index in [4.69, 9.17) is 14.0 Å². The lowest BCUT2D eigenvalue weighted by Gasteiger charge is -2.32. The molecule has 0 aliphatic carbocycles. The Kier molecular flexibility index (Phi) is 9.13. The summed E-state index contributed by atoms with van der Waals surface area (Å²) in [5, 5.41) is 17.3. The number of amides is 1. The Morgan fingerprint density at radius 2 is 1.79 bits per heavy atom. The van der Waals surface area contributed by atoms with Gasteiger partial charge in [0, 0.05) is 16.7 Å². The van der Waals surface area contributed by atoms with E-state index in [0.29, 0.717) is 11.4 Å². The van der Waals surface area contributed by atoms with Gasteiger partial charge in [0.2, 0.25) is 5.60 Å². The molecule has 0 fully saturated rings. The van der Waals surface area contributed by atoms with Crippen molar-refractivity contribution in [3.05, 3.63) is 77.0 Å². The maximum Gasteiger partial charge on any atom is 0.424 e. The highest BCUT2D eigenvalue weighted by Gasteiger charge is 2.57. The fourth-order valence-corrected chi connectivity index (χ4v) is 5.79. The molecule has 2 aromatic carbocycles. The topological polar surface area (TPSA) is 149 Å². The largest absolute Gasteiger partial charge is 0.496 e. The maximum atomic E-state index is 14.9. The monoisotopic (exact) mass is 691 g/mol. The minimum atomic E-state index is -5.35. The summed E-state index contributed by atoms with van der Waals surface area (Å²) < 4.78 is 90.1. The summed E-state index contributed by atoms with van der Waals surface area (Å²) in [5.41, 5.74) is -5.38. The molecule has 16 heteroatoms. The van der Waals surface area contributed by atoms with Gasteiger partial charge in [-0.25, -0.2) is 18.3 Å². The third kappa shape index (κ3) is 6.64. The third-order valence-electron chi connectivity index (χ3n) is 7.68. The molecule has 5 rings (SSSR count). The molecule has 1 aliphatic rings. The van der Waals surface area contributed by atoms with Gasteiger partial charge in [0.1, 0.15) is 23.9 Å². The highest BCUT2D eigenvalue weighted by molar-refractivity contribution is 7.84. The van der Waals surface area contributed by atoms with Crippen molar-refractivity contribution in [3.8, 4) is 34.2 Å². The SMILES string of the molecule is COc1cc(C(=O)NCC(O)(c2cc3c(c(-c4ccc(F)cc4)n2)OC[C@@]3(C)NS(=O)C(C)(C)C)C(F)(F)F)ccc1-c1nc(C)no1. The van der Waals surface area contributed by atoms with E-state index in [2.05, 4.69) is 25.2 Å². The van der Waals surface area contributed by atoms with Crippen LogP contribution in [0.4, 0.5) is 17.6 Å². The van der Waals surface area contributed by atoms with Crippen LogP contribution in [-0.4, -0.2) is 61.5 Å². The normalized spacial score (nSPS) is 18.1. The van der Waals surface area contributed by atoms with Crippen molar-refractivity contribution in [1.29, 1.82) is 0 Å². The molecular formula is C32H33F4N5O6S. The van der Waals surface area contributed by atoms with Gasteiger partial charge in [-0.3, -0.25) is 4.79 Å². The molecule has 4 aromatic rings. The van der Waals surface area contributed by atoms with Gasteiger partial charge in [0.15, 0.2) is 11.6 Å². The number of pyridine rings is 1. The van der Waals surface area contributed by atoms with E-state index in [1.807, 2.05) is 0 Å². The molecule has 3 atom stereocenters. The first-order valence-corrected chi connectivity index (χ1v) is 15.7. The molecule has 2 unspecified atom stereocenters. The summed E-state index contributed by atoms with van der Waals surface area (Å²) in [6.07, 6.45) is -5.35. The van der Waals surface area contributed by atoms with Crippen LogP contribution in [0.15, 0.2) is 53.1 Å². The van der Waals surface area contributed by atoms with Crippen LogP contribution < -0.4 is 19.5 Å². The molecule has 3 N–H and O–H groups in total. The Hall–Kier alpha value is -4.41. The predicted molar refractivity (Wildman–Crippen MR) is 167 cm³/mol. The highest BCUT2D eigenvalue weighted by atomic mass is 32.2. The Morgan fingerprint density at radius 1 is 1.10 bits per heavy atom. The van der Waals surface area contributed by atoms with Gasteiger partial charge in [0.05, 0.1) is 46.2 Å². The number of halogens is 4. The number of hydrogen-bond acceptors (Lipinski definition) is 9. The van der Waals surface area contributed by atoms with E-state index in [0.717, 1.165) is 18.2 Å². The van der Waals surface area contributed by atoms with Crippen LogP contribution in [-0.2, 0) is 22.1 Å². The zero-order valence-electron chi connectivity index (χ0n) is 26.8. The number of aliphatic hydroxyl groups is 1. The zero-order chi connectivity index (χ0) is 35.2. The zero-order valence-corrected chi connectivity index (χ0v) is 27.6. The molecule has 3 heterocycles. The number of nitrogens with zero attached hydrogens (tertiary/aromatic N) is 3. The first-order valence-electron chi connectivity index (χ1n) is 14.6. The number of aryl methyl sites for hydroxylation is 1. The van der Waals surface area contributed by atoms with Gasteiger partial charge >= 0.3 is 6.18 Å². The molecule has 1 aliphatic heterocycles. The Morgan fingerprint density at radius 3 is 2.38 bits per heavy atom. The number of hydrogen-bond donors (Lipinski definition) is 3. The molecule has 2 aromatic heterocycles. The lowest BCUT2D eigenvalue weighted by molar-refractivity contribution is -0.265. The van der Waals surface area contributed by atoms with Gasteiger partial charge in [-0.1, -0.05) is 5.16 Å². The molecular weight excluding hydrogens is 658 g/mol. The van der Waals surface area contributed by atoms with Crippen LogP contribution in [0.1, 0.15) is 55.1 Å². The summed E-state index contributed by atoms with van der Waals surface area (Å²) in [5.74, 6) is -0.873. The average Bonchev–Trinajstić information content (AvgIpc) is 3.61. The second-order valence-electron chi connectivity index (χ2n) is 12.4. The van der Waals surface area contributed by atoms with Crippen molar-refractivity contribution in [3.63, 3.8) is 0 Å². The molecule has 1 amide bonds. The Balaban J connectivity index is 1.55. The van der Waals surface area contributed by atoms with Crippen LogP contribution in [0, 0.1) is 12.7 Å². The molecule has 0 saturated heterocycles. The van der Waals surface area contributed by atoms with Crippen molar-refractivity contribution in [2.75, 3.05) is 20.3 Å². The van der Waals surface area contributed by atoms with E-state index >= 15 is 0 Å². The number of ether oxygens (including phenoxy) is 2. The average molecular weight is 692 g/mol. The fraction of sp³-hybridized carbons (Fsp3) is 0.375. The minimum Gasteiger partial charge on any atom is -0.496 e. The van der Waals surface area contributed by atoms with Crippen LogP contribution in [0.25, 0.3) is 22.7 Å². The predicted octanol–water partition coefficient (Wildman–Crippen LogP) is 5.09. The quantitative estimate of drug-likeness (QED) is 0.204. The Bertz CT molecular complexity index is 1880. The van der Waals surface area contributed by atoms with Gasteiger partial charge in [-0.2, -0.15) is 18.2 Å². The number of carbonyl (C=O) groups is 1. The molecule has 0 bridgehead atoms. The Labute approximate surface area is 275 Å². The third-order valence-corrected chi connectivity index (χ3v) is 9.43. The number of methoxy groups -OCH3 is 1. The second kappa shape index (κ2) is 12.6. The highest BCUT2D eigenvalue weighted by Crippen LogP contribution is 2.47. The van der Waals surface area contributed by atoms with E-state index in [1.54, 1.807) is 34.6 Å². The molecule has 256 valence electrons. The van der Waals surface area contributed by atoms with Gasteiger partial charge < -0.3 is 24.4 Å². The van der Waals surface area contributed by atoms with Crippen molar-refractivity contribution >= 4 is 16.9 Å². The number of alkyl halides is 3. The van der Waals surface area contributed by atoms with E-state index < -0.39 is 57.0 Å². The van der Waals surface area contributed by atoms with E-state index in [-0.39, 0.29) is 46.4 Å². The number of aromatic nitrogens is 3. The van der Waals surface area contributed by atoms with Crippen molar-refractivity contribution in [2.24, 2.45) is 0 Å². The standard InChI is InChI=1S/C32H33F4N5O6S/c1-17-38-28(47-40-17)21-12-9-19(13-23(21)45-6)27(42)37-15-31(43,32(34,35)36)24-14-22-26(25(39-24)18-7-10-20(33)11-8-18)46-16-30(22,5)41-48(44)29(2,3)4/h7-14,41,43H,15-16H2,1-6H3,(H,37,42)/t30-,31?,48?/m1/s1. The van der Waals surface area contributed by atoms with Crippen LogP contribution in [0.3, 0.4) is 0 Å².